The summed E-state index contributed by atoms with van der Waals surface area (Å²) in [6.45, 7) is 0. The number of thiophene rings is 1. The van der Waals surface area contributed by atoms with E-state index >= 15 is 0 Å². The first-order valence-electron chi connectivity index (χ1n) is 10.9. The molecule has 1 amide bonds. The van der Waals surface area contributed by atoms with Gasteiger partial charge in [-0.25, -0.2) is 0 Å². The van der Waals surface area contributed by atoms with E-state index in [1.165, 1.54) is 16.9 Å². The van der Waals surface area contributed by atoms with Gasteiger partial charge in [0.15, 0.2) is 11.5 Å². The molecule has 1 N–H and O–H groups in total. The molecule has 1 unspecified atom stereocenters. The molecule has 5 nitrogen and oxygen atoms in total. The highest BCUT2D eigenvalue weighted by Crippen LogP contribution is 2.45. The van der Waals surface area contributed by atoms with Gasteiger partial charge in [0.05, 0.1) is 32.2 Å². The number of carbonyl (C=O) groups excluding carboxylic acids is 1. The topological polar surface area (TPSA) is 56.8 Å². The van der Waals surface area contributed by atoms with Gasteiger partial charge in [0.2, 0.25) is 5.75 Å². The number of hydrogen-bond donors (Lipinski definition) is 1. The van der Waals surface area contributed by atoms with Gasteiger partial charge in [-0.1, -0.05) is 60.7 Å². The first-order valence-corrected chi connectivity index (χ1v) is 11.7. The quantitative estimate of drug-likeness (QED) is 0.317. The van der Waals surface area contributed by atoms with Crippen LogP contribution in [0.5, 0.6) is 17.2 Å². The van der Waals surface area contributed by atoms with Crippen LogP contribution in [-0.2, 0) is 6.42 Å². The molecule has 1 heterocycles. The van der Waals surface area contributed by atoms with Crippen molar-refractivity contribution in [3.05, 3.63) is 101 Å². The number of ether oxygens (including phenoxy) is 3. The average Bonchev–Trinajstić information content (AvgIpc) is 3.38. The largest absolute Gasteiger partial charge is 0.493 e. The van der Waals surface area contributed by atoms with Gasteiger partial charge < -0.3 is 19.5 Å². The first-order chi connectivity index (χ1) is 16.6. The molecule has 34 heavy (non-hydrogen) atoms. The lowest BCUT2D eigenvalue weighted by molar-refractivity contribution is 0.0940. The average molecular weight is 474 g/mol. The van der Waals surface area contributed by atoms with E-state index in [0.29, 0.717) is 28.5 Å². The number of amides is 1. The Kier molecular flexibility index (Phi) is 7.50. The third-order valence-electron chi connectivity index (χ3n) is 5.59. The molecular formula is C28H27NO4S. The van der Waals surface area contributed by atoms with Crippen molar-refractivity contribution in [1.82, 2.24) is 5.32 Å². The van der Waals surface area contributed by atoms with Crippen molar-refractivity contribution in [3.8, 4) is 27.7 Å². The molecule has 6 heteroatoms. The molecule has 1 aromatic heterocycles. The van der Waals surface area contributed by atoms with Crippen LogP contribution in [0.1, 0.15) is 26.8 Å². The Labute approximate surface area is 203 Å². The Balaban J connectivity index is 1.60. The van der Waals surface area contributed by atoms with Gasteiger partial charge in [-0.15, -0.1) is 11.3 Å². The standard InChI is InChI=1S/C28H27NO4S/c1-31-23-15-14-21(26(32-2)27(23)33-3)24-16-17-25(34-24)28(30)29-22(20-12-8-5-9-13-20)18-19-10-6-4-7-11-19/h4-17,22H,18H2,1-3H3,(H,29,30). The molecule has 0 saturated carbocycles. The molecule has 0 aliphatic carbocycles. The fourth-order valence-electron chi connectivity index (χ4n) is 3.92. The molecular weight excluding hydrogens is 446 g/mol. The Morgan fingerprint density at radius 3 is 2.12 bits per heavy atom. The number of hydrogen-bond acceptors (Lipinski definition) is 5. The van der Waals surface area contributed by atoms with Gasteiger partial charge >= 0.3 is 0 Å². The fourth-order valence-corrected chi connectivity index (χ4v) is 4.85. The smallest absolute Gasteiger partial charge is 0.261 e. The molecule has 0 radical (unpaired) electrons. The van der Waals surface area contributed by atoms with E-state index in [0.717, 1.165) is 16.0 Å². The Hall–Kier alpha value is -3.77. The van der Waals surface area contributed by atoms with E-state index in [-0.39, 0.29) is 11.9 Å². The minimum absolute atomic E-state index is 0.111. The van der Waals surface area contributed by atoms with Crippen molar-refractivity contribution < 1.29 is 19.0 Å². The summed E-state index contributed by atoms with van der Waals surface area (Å²) in [5, 5.41) is 3.23. The minimum atomic E-state index is -0.141. The van der Waals surface area contributed by atoms with E-state index < -0.39 is 0 Å². The second-order valence-corrected chi connectivity index (χ2v) is 8.76. The Morgan fingerprint density at radius 2 is 1.47 bits per heavy atom. The van der Waals surface area contributed by atoms with E-state index in [1.54, 1.807) is 21.3 Å². The van der Waals surface area contributed by atoms with Crippen LogP contribution < -0.4 is 19.5 Å². The molecule has 0 spiro atoms. The third-order valence-corrected chi connectivity index (χ3v) is 6.71. The highest BCUT2D eigenvalue weighted by atomic mass is 32.1. The summed E-state index contributed by atoms with van der Waals surface area (Å²) in [6, 6.07) is 27.6. The number of benzene rings is 3. The summed E-state index contributed by atoms with van der Waals surface area (Å²) in [7, 11) is 4.76. The summed E-state index contributed by atoms with van der Waals surface area (Å²) >= 11 is 1.41. The second kappa shape index (κ2) is 10.9. The van der Waals surface area contributed by atoms with Gasteiger partial charge in [0, 0.05) is 10.4 Å². The zero-order chi connectivity index (χ0) is 23.9. The molecule has 0 fully saturated rings. The van der Waals surface area contributed by atoms with Crippen LogP contribution in [0.4, 0.5) is 0 Å². The summed E-state index contributed by atoms with van der Waals surface area (Å²) in [5.74, 6) is 1.57. The maximum atomic E-state index is 13.3. The van der Waals surface area contributed by atoms with Crippen LogP contribution in [0.15, 0.2) is 84.9 Å². The molecule has 4 aromatic rings. The number of carbonyl (C=O) groups is 1. The van der Waals surface area contributed by atoms with Gasteiger partial charge in [0.25, 0.3) is 5.91 Å². The summed E-state index contributed by atoms with van der Waals surface area (Å²) in [6.07, 6.45) is 0.707. The van der Waals surface area contributed by atoms with E-state index in [4.69, 9.17) is 14.2 Å². The van der Waals surface area contributed by atoms with E-state index in [1.807, 2.05) is 72.8 Å². The fraction of sp³-hybridized carbons (Fsp3) is 0.179. The molecule has 0 aliphatic heterocycles. The zero-order valence-corrected chi connectivity index (χ0v) is 20.2. The monoisotopic (exact) mass is 473 g/mol. The Morgan fingerprint density at radius 1 is 0.794 bits per heavy atom. The van der Waals surface area contributed by atoms with Crippen molar-refractivity contribution in [2.75, 3.05) is 21.3 Å². The molecule has 174 valence electrons. The lowest BCUT2D eigenvalue weighted by Crippen LogP contribution is -2.29. The van der Waals surface area contributed by atoms with Crippen molar-refractivity contribution in [2.24, 2.45) is 0 Å². The van der Waals surface area contributed by atoms with Crippen molar-refractivity contribution in [1.29, 1.82) is 0 Å². The number of nitrogens with one attached hydrogen (secondary N) is 1. The van der Waals surface area contributed by atoms with E-state index in [2.05, 4.69) is 17.4 Å². The van der Waals surface area contributed by atoms with Gasteiger partial charge in [-0.05, 0) is 41.8 Å². The zero-order valence-electron chi connectivity index (χ0n) is 19.4. The highest BCUT2D eigenvalue weighted by Gasteiger charge is 2.21. The van der Waals surface area contributed by atoms with Crippen LogP contribution in [0.25, 0.3) is 10.4 Å². The predicted octanol–water partition coefficient (Wildman–Crippen LogP) is 6.15. The summed E-state index contributed by atoms with van der Waals surface area (Å²) in [4.78, 5) is 14.8. The maximum absolute atomic E-state index is 13.3. The number of methoxy groups -OCH3 is 3. The second-order valence-electron chi connectivity index (χ2n) is 7.67. The summed E-state index contributed by atoms with van der Waals surface area (Å²) in [5.41, 5.74) is 3.07. The molecule has 3 aromatic carbocycles. The predicted molar refractivity (Wildman–Crippen MR) is 136 cm³/mol. The van der Waals surface area contributed by atoms with Crippen LogP contribution in [-0.4, -0.2) is 27.2 Å². The SMILES string of the molecule is COc1ccc(-c2ccc(C(=O)NC(Cc3ccccc3)c3ccccc3)s2)c(OC)c1OC. The van der Waals surface area contributed by atoms with Crippen LogP contribution in [0.2, 0.25) is 0 Å². The van der Waals surface area contributed by atoms with Crippen molar-refractivity contribution in [2.45, 2.75) is 12.5 Å². The third kappa shape index (κ3) is 5.07. The minimum Gasteiger partial charge on any atom is -0.493 e. The molecule has 0 bridgehead atoms. The number of rotatable bonds is 9. The maximum Gasteiger partial charge on any atom is 0.261 e. The van der Waals surface area contributed by atoms with Crippen LogP contribution in [0.3, 0.4) is 0 Å². The lowest BCUT2D eigenvalue weighted by Gasteiger charge is -2.19. The van der Waals surface area contributed by atoms with Crippen LogP contribution >= 0.6 is 11.3 Å². The van der Waals surface area contributed by atoms with Gasteiger partial charge in [-0.3, -0.25) is 4.79 Å². The van der Waals surface area contributed by atoms with Crippen LogP contribution in [0, 0.1) is 0 Å². The summed E-state index contributed by atoms with van der Waals surface area (Å²) < 4.78 is 16.5. The van der Waals surface area contributed by atoms with Gasteiger partial charge in [-0.2, -0.15) is 0 Å². The molecule has 1 atom stereocenters. The van der Waals surface area contributed by atoms with Crippen molar-refractivity contribution in [3.63, 3.8) is 0 Å². The van der Waals surface area contributed by atoms with Crippen molar-refractivity contribution >= 4 is 17.2 Å². The first kappa shape index (κ1) is 23.4. The Bertz CT molecular complexity index is 1240. The van der Waals surface area contributed by atoms with E-state index in [9.17, 15) is 4.79 Å². The van der Waals surface area contributed by atoms with Gasteiger partial charge in [0.1, 0.15) is 0 Å². The molecule has 0 saturated heterocycles. The normalized spacial score (nSPS) is 11.5. The highest BCUT2D eigenvalue weighted by molar-refractivity contribution is 7.17. The molecule has 4 rings (SSSR count). The lowest BCUT2D eigenvalue weighted by atomic mass is 9.99. The molecule has 0 aliphatic rings.